The van der Waals surface area contributed by atoms with Crippen molar-refractivity contribution in [2.75, 3.05) is 6.54 Å². The molecule has 140 valence electrons. The normalized spacial score (nSPS) is 19.6. The van der Waals surface area contributed by atoms with Gasteiger partial charge in [0.25, 0.3) is 11.5 Å². The van der Waals surface area contributed by atoms with Crippen molar-refractivity contribution in [1.82, 2.24) is 9.88 Å². The minimum atomic E-state index is -0.986. The highest BCUT2D eigenvalue weighted by atomic mass is 16.4. The first-order valence-corrected chi connectivity index (χ1v) is 8.92. The fraction of sp³-hybridized carbons (Fsp3) is 0.579. The van der Waals surface area contributed by atoms with E-state index in [0.29, 0.717) is 24.1 Å². The van der Waals surface area contributed by atoms with Crippen LogP contribution in [0.1, 0.15) is 66.4 Å². The Labute approximate surface area is 151 Å². The summed E-state index contributed by atoms with van der Waals surface area (Å²) in [5.41, 5.74) is 0.142. The van der Waals surface area contributed by atoms with Crippen LogP contribution in [0, 0.1) is 11.3 Å². The van der Waals surface area contributed by atoms with E-state index in [0.717, 1.165) is 12.8 Å². The molecule has 1 amide bonds. The molecule has 0 bridgehead atoms. The number of aliphatic carboxylic acids is 1. The number of rotatable bonds is 5. The summed E-state index contributed by atoms with van der Waals surface area (Å²) in [5.74, 6) is -2.29. The van der Waals surface area contributed by atoms with E-state index in [4.69, 9.17) is 5.11 Å². The quantitative estimate of drug-likeness (QED) is 0.833. The predicted molar refractivity (Wildman–Crippen MR) is 94.4 cm³/mol. The Morgan fingerprint density at radius 3 is 2.54 bits per heavy atom. The smallest absolute Gasteiger partial charge is 0.308 e. The second kappa shape index (κ2) is 6.37. The molecule has 1 aromatic rings. The number of hydrogen-bond donors (Lipinski definition) is 2. The molecule has 3 rings (SSSR count). The number of carboxylic acids is 1. The number of H-pyrrole nitrogens is 1. The monoisotopic (exact) mass is 360 g/mol. The highest BCUT2D eigenvalue weighted by Crippen LogP contribution is 2.34. The van der Waals surface area contributed by atoms with E-state index in [1.807, 2.05) is 13.8 Å². The number of Topliss-reactive ketones (excluding diaryl/α,β-unsaturated/α-hetero) is 1. The van der Waals surface area contributed by atoms with Gasteiger partial charge in [0.05, 0.1) is 5.92 Å². The molecule has 0 aliphatic heterocycles. The van der Waals surface area contributed by atoms with Crippen LogP contribution in [0.15, 0.2) is 10.9 Å². The van der Waals surface area contributed by atoms with Gasteiger partial charge in [-0.2, -0.15) is 0 Å². The molecule has 1 atom stereocenters. The first-order valence-electron chi connectivity index (χ1n) is 8.92. The maximum Gasteiger partial charge on any atom is 0.308 e. The number of amides is 1. The molecule has 2 aliphatic carbocycles. The third kappa shape index (κ3) is 3.57. The Morgan fingerprint density at radius 1 is 1.31 bits per heavy atom. The Morgan fingerprint density at radius 2 is 1.96 bits per heavy atom. The number of pyridine rings is 1. The number of carboxylic acid groups (broad SMARTS) is 1. The van der Waals surface area contributed by atoms with E-state index in [9.17, 15) is 19.2 Å². The van der Waals surface area contributed by atoms with Gasteiger partial charge in [-0.25, -0.2) is 0 Å². The van der Waals surface area contributed by atoms with Crippen molar-refractivity contribution in [2.24, 2.45) is 11.3 Å². The third-order valence-electron chi connectivity index (χ3n) is 5.09. The molecule has 0 saturated heterocycles. The lowest BCUT2D eigenvalue weighted by Gasteiger charge is -2.30. The zero-order chi connectivity index (χ0) is 19.2. The first kappa shape index (κ1) is 18.4. The molecule has 7 nitrogen and oxygen atoms in total. The number of ketones is 1. The van der Waals surface area contributed by atoms with E-state index in [-0.39, 0.29) is 29.3 Å². The summed E-state index contributed by atoms with van der Waals surface area (Å²) in [6, 6.07) is 1.36. The van der Waals surface area contributed by atoms with Crippen LogP contribution in [0.3, 0.4) is 0 Å². The number of fused-ring (bicyclic) bond motifs is 1. The molecule has 1 saturated carbocycles. The standard InChI is InChI=1S/C19H24N2O5/c1-10(18(25)26)9-21(11-4-5-11)17(24)13-6-12-14(20-16(13)23)7-19(2,3)8-15(12)22/h6,10-11H,4-5,7-9H2,1-3H3,(H,20,23)(H,25,26). The van der Waals surface area contributed by atoms with Crippen LogP contribution in [-0.2, 0) is 11.2 Å². The molecule has 7 heteroatoms. The van der Waals surface area contributed by atoms with E-state index in [1.165, 1.54) is 17.9 Å². The Kier molecular flexibility index (Phi) is 4.50. The fourth-order valence-corrected chi connectivity index (χ4v) is 3.50. The van der Waals surface area contributed by atoms with Crippen LogP contribution < -0.4 is 5.56 Å². The summed E-state index contributed by atoms with van der Waals surface area (Å²) >= 11 is 0. The third-order valence-corrected chi connectivity index (χ3v) is 5.09. The number of hydrogen-bond acceptors (Lipinski definition) is 4. The van der Waals surface area contributed by atoms with Crippen LogP contribution in [0.4, 0.5) is 0 Å². The second-order valence-electron chi connectivity index (χ2n) is 8.27. The predicted octanol–water partition coefficient (Wildman–Crippen LogP) is 1.86. The van der Waals surface area contributed by atoms with E-state index in [1.54, 1.807) is 0 Å². The molecule has 2 N–H and O–H groups in total. The van der Waals surface area contributed by atoms with Crippen molar-refractivity contribution in [3.05, 3.63) is 33.2 Å². The fourth-order valence-electron chi connectivity index (χ4n) is 3.50. The highest BCUT2D eigenvalue weighted by molar-refractivity contribution is 6.02. The molecule has 1 aromatic heterocycles. The number of aromatic nitrogens is 1. The lowest BCUT2D eigenvalue weighted by atomic mass is 9.75. The molecule has 2 aliphatic rings. The minimum absolute atomic E-state index is 0.0330. The molecule has 0 radical (unpaired) electrons. The molecule has 1 fully saturated rings. The van der Waals surface area contributed by atoms with E-state index >= 15 is 0 Å². The lowest BCUT2D eigenvalue weighted by molar-refractivity contribution is -0.141. The van der Waals surface area contributed by atoms with Gasteiger partial charge in [0.2, 0.25) is 0 Å². The number of nitrogens with one attached hydrogen (secondary N) is 1. The number of carbonyl (C=O) groups is 3. The van der Waals surface area contributed by atoms with Crippen LogP contribution in [0.5, 0.6) is 0 Å². The molecule has 0 spiro atoms. The summed E-state index contributed by atoms with van der Waals surface area (Å²) in [6.07, 6.45) is 2.53. The van der Waals surface area contributed by atoms with Gasteiger partial charge < -0.3 is 15.0 Å². The largest absolute Gasteiger partial charge is 0.481 e. The topological polar surface area (TPSA) is 108 Å². The van der Waals surface area contributed by atoms with Crippen molar-refractivity contribution in [2.45, 2.75) is 52.5 Å². The van der Waals surface area contributed by atoms with Gasteiger partial charge >= 0.3 is 5.97 Å². The Bertz CT molecular complexity index is 835. The van der Waals surface area contributed by atoms with E-state index in [2.05, 4.69) is 4.98 Å². The van der Waals surface area contributed by atoms with Crippen molar-refractivity contribution in [1.29, 1.82) is 0 Å². The number of nitrogens with zero attached hydrogens (tertiary/aromatic N) is 1. The average molecular weight is 360 g/mol. The first-order chi connectivity index (χ1) is 12.1. The maximum absolute atomic E-state index is 12.9. The maximum atomic E-state index is 12.9. The van der Waals surface area contributed by atoms with Crippen LogP contribution in [0.25, 0.3) is 0 Å². The van der Waals surface area contributed by atoms with Gasteiger partial charge in [-0.05, 0) is 30.7 Å². The van der Waals surface area contributed by atoms with Gasteiger partial charge in [-0.1, -0.05) is 20.8 Å². The van der Waals surface area contributed by atoms with Gasteiger partial charge in [-0.15, -0.1) is 0 Å². The summed E-state index contributed by atoms with van der Waals surface area (Å²) < 4.78 is 0. The highest BCUT2D eigenvalue weighted by Gasteiger charge is 2.37. The van der Waals surface area contributed by atoms with Crippen molar-refractivity contribution >= 4 is 17.7 Å². The zero-order valence-corrected chi connectivity index (χ0v) is 15.3. The van der Waals surface area contributed by atoms with Crippen molar-refractivity contribution in [3.63, 3.8) is 0 Å². The van der Waals surface area contributed by atoms with E-state index < -0.39 is 23.4 Å². The molecular weight excluding hydrogens is 336 g/mol. The molecule has 0 aromatic carbocycles. The van der Waals surface area contributed by atoms with Crippen molar-refractivity contribution in [3.8, 4) is 0 Å². The number of aromatic amines is 1. The summed E-state index contributed by atoms with van der Waals surface area (Å²) in [4.78, 5) is 53.2. The number of carbonyl (C=O) groups excluding carboxylic acids is 2. The van der Waals surface area contributed by atoms with Gasteiger partial charge in [0.1, 0.15) is 5.56 Å². The molecule has 1 heterocycles. The molecule has 26 heavy (non-hydrogen) atoms. The summed E-state index contributed by atoms with van der Waals surface area (Å²) in [7, 11) is 0. The van der Waals surface area contributed by atoms with Crippen LogP contribution in [-0.4, -0.2) is 45.2 Å². The zero-order valence-electron chi connectivity index (χ0n) is 15.3. The Hall–Kier alpha value is -2.44. The second-order valence-corrected chi connectivity index (χ2v) is 8.27. The average Bonchev–Trinajstić information content (AvgIpc) is 3.34. The van der Waals surface area contributed by atoms with Gasteiger partial charge in [0, 0.05) is 30.3 Å². The molecule has 1 unspecified atom stereocenters. The summed E-state index contributed by atoms with van der Waals surface area (Å²) in [6.45, 7) is 5.52. The van der Waals surface area contributed by atoms with Crippen LogP contribution in [0.2, 0.25) is 0 Å². The Balaban J connectivity index is 1.94. The minimum Gasteiger partial charge on any atom is -0.481 e. The van der Waals surface area contributed by atoms with Gasteiger partial charge in [-0.3, -0.25) is 19.2 Å². The SMILES string of the molecule is CC(CN(C(=O)c1cc2c([nH]c1=O)CC(C)(C)CC2=O)C1CC1)C(=O)O. The van der Waals surface area contributed by atoms with Gasteiger partial charge in [0.15, 0.2) is 5.78 Å². The van der Waals surface area contributed by atoms with Crippen molar-refractivity contribution < 1.29 is 19.5 Å². The molecular formula is C19H24N2O5. The summed E-state index contributed by atoms with van der Waals surface area (Å²) in [5, 5.41) is 9.13. The lowest BCUT2D eigenvalue weighted by Crippen LogP contribution is -2.41. The van der Waals surface area contributed by atoms with Crippen LogP contribution >= 0.6 is 0 Å².